The molecule has 1 aromatic rings. The third-order valence-electron chi connectivity index (χ3n) is 3.33. The fourth-order valence-corrected chi connectivity index (χ4v) is 2.48. The molecule has 0 bridgehead atoms. The summed E-state index contributed by atoms with van der Waals surface area (Å²) in [5, 5.41) is 9.58. The highest BCUT2D eigenvalue weighted by molar-refractivity contribution is 6.18. The van der Waals surface area contributed by atoms with E-state index in [1.807, 2.05) is 0 Å². The van der Waals surface area contributed by atoms with Crippen LogP contribution in [0.1, 0.15) is 23.2 Å². The van der Waals surface area contributed by atoms with Gasteiger partial charge in [0.15, 0.2) is 0 Å². The molecule has 0 unspecified atom stereocenters. The Bertz CT molecular complexity index is 424. The second-order valence-corrected chi connectivity index (χ2v) is 4.83. The van der Waals surface area contributed by atoms with Gasteiger partial charge in [0.1, 0.15) is 17.1 Å². The Morgan fingerprint density at radius 2 is 2.11 bits per heavy atom. The van der Waals surface area contributed by atoms with Gasteiger partial charge in [0, 0.05) is 19.0 Å². The molecule has 0 saturated carbocycles. The van der Waals surface area contributed by atoms with Crippen LogP contribution in [0.5, 0.6) is 5.75 Å². The molecule has 0 aromatic heterocycles. The van der Waals surface area contributed by atoms with Crippen LogP contribution < -0.4 is 0 Å². The van der Waals surface area contributed by atoms with Crippen molar-refractivity contribution in [2.24, 2.45) is 5.92 Å². The minimum Gasteiger partial charge on any atom is -0.507 e. The van der Waals surface area contributed by atoms with Crippen molar-refractivity contribution in [3.05, 3.63) is 29.6 Å². The van der Waals surface area contributed by atoms with Crippen LogP contribution in [0.4, 0.5) is 4.39 Å². The molecule has 1 fully saturated rings. The first kappa shape index (κ1) is 13.1. The van der Waals surface area contributed by atoms with Gasteiger partial charge in [-0.2, -0.15) is 0 Å². The molecule has 0 spiro atoms. The van der Waals surface area contributed by atoms with Crippen LogP contribution in [0.15, 0.2) is 18.2 Å². The average molecular weight is 272 g/mol. The van der Waals surface area contributed by atoms with Gasteiger partial charge in [-0.3, -0.25) is 4.79 Å². The van der Waals surface area contributed by atoms with Crippen LogP contribution >= 0.6 is 11.6 Å². The first-order valence-electron chi connectivity index (χ1n) is 5.96. The topological polar surface area (TPSA) is 40.5 Å². The van der Waals surface area contributed by atoms with E-state index in [2.05, 4.69) is 0 Å². The quantitative estimate of drug-likeness (QED) is 0.840. The third-order valence-corrected chi connectivity index (χ3v) is 3.76. The fourth-order valence-electron chi connectivity index (χ4n) is 2.17. The van der Waals surface area contributed by atoms with Gasteiger partial charge >= 0.3 is 0 Å². The number of amides is 1. The summed E-state index contributed by atoms with van der Waals surface area (Å²) in [5.74, 6) is -0.421. The maximum Gasteiger partial charge on any atom is 0.260 e. The Hall–Kier alpha value is -1.29. The minimum absolute atomic E-state index is 0.234. The van der Waals surface area contributed by atoms with Crippen molar-refractivity contribution in [2.75, 3.05) is 19.0 Å². The number of hydrogen-bond donors (Lipinski definition) is 1. The first-order chi connectivity index (χ1) is 8.63. The molecule has 18 heavy (non-hydrogen) atoms. The summed E-state index contributed by atoms with van der Waals surface area (Å²) < 4.78 is 13.6. The lowest BCUT2D eigenvalue weighted by Gasteiger charge is -2.31. The zero-order valence-electron chi connectivity index (χ0n) is 9.90. The lowest BCUT2D eigenvalue weighted by molar-refractivity contribution is 0.0690. The number of phenols is 1. The van der Waals surface area contributed by atoms with E-state index < -0.39 is 11.7 Å². The van der Waals surface area contributed by atoms with E-state index >= 15 is 0 Å². The molecular formula is C13H15ClFNO2. The summed E-state index contributed by atoms with van der Waals surface area (Å²) in [6.07, 6.45) is 1.65. The highest BCUT2D eigenvalue weighted by atomic mass is 35.5. The van der Waals surface area contributed by atoms with E-state index in [0.717, 1.165) is 12.8 Å². The molecule has 1 aromatic carbocycles. The Labute approximate surface area is 110 Å². The van der Waals surface area contributed by atoms with Crippen molar-refractivity contribution in [1.29, 1.82) is 0 Å². The SMILES string of the molecule is O=C(c1c(O)cccc1F)N1CCC(CCl)CC1. The van der Waals surface area contributed by atoms with Crippen molar-refractivity contribution in [3.63, 3.8) is 0 Å². The van der Waals surface area contributed by atoms with E-state index in [-0.39, 0.29) is 11.3 Å². The number of benzene rings is 1. The number of carbonyl (C=O) groups is 1. The standard InChI is InChI=1S/C13H15ClFNO2/c14-8-9-4-6-16(7-5-9)13(18)12-10(15)2-1-3-11(12)17/h1-3,9,17H,4-8H2. The Balaban J connectivity index is 2.13. The van der Waals surface area contributed by atoms with E-state index in [9.17, 15) is 14.3 Å². The highest BCUT2D eigenvalue weighted by Crippen LogP contribution is 2.25. The minimum atomic E-state index is -0.681. The van der Waals surface area contributed by atoms with Crippen LogP contribution in [-0.2, 0) is 0 Å². The summed E-state index contributed by atoms with van der Waals surface area (Å²) in [7, 11) is 0. The zero-order valence-corrected chi connectivity index (χ0v) is 10.7. The van der Waals surface area contributed by atoms with Gasteiger partial charge in [0.2, 0.25) is 0 Å². The number of piperidine rings is 1. The molecule has 5 heteroatoms. The van der Waals surface area contributed by atoms with Crippen LogP contribution in [0, 0.1) is 11.7 Å². The van der Waals surface area contributed by atoms with Crippen LogP contribution in [-0.4, -0.2) is 34.9 Å². The number of rotatable bonds is 2. The largest absolute Gasteiger partial charge is 0.507 e. The summed E-state index contributed by atoms with van der Waals surface area (Å²) in [5.41, 5.74) is -0.234. The third kappa shape index (κ3) is 2.58. The molecule has 1 N–H and O–H groups in total. The molecule has 1 amide bonds. The fraction of sp³-hybridized carbons (Fsp3) is 0.462. The Morgan fingerprint density at radius 1 is 1.44 bits per heavy atom. The number of hydrogen-bond acceptors (Lipinski definition) is 2. The predicted octanol–water partition coefficient (Wildman–Crippen LogP) is 2.62. The predicted molar refractivity (Wildman–Crippen MR) is 67.4 cm³/mol. The van der Waals surface area contributed by atoms with Gasteiger partial charge in [0.05, 0.1) is 0 Å². The van der Waals surface area contributed by atoms with Crippen molar-refractivity contribution in [1.82, 2.24) is 4.90 Å². The van der Waals surface area contributed by atoms with Crippen molar-refractivity contribution >= 4 is 17.5 Å². The number of alkyl halides is 1. The molecule has 0 aliphatic carbocycles. The average Bonchev–Trinajstić information content (AvgIpc) is 2.38. The molecular weight excluding hydrogens is 257 g/mol. The second-order valence-electron chi connectivity index (χ2n) is 4.52. The molecule has 3 nitrogen and oxygen atoms in total. The Kier molecular flexibility index (Phi) is 4.07. The van der Waals surface area contributed by atoms with E-state index in [1.165, 1.54) is 18.2 Å². The van der Waals surface area contributed by atoms with Crippen molar-refractivity contribution < 1.29 is 14.3 Å². The maximum atomic E-state index is 13.6. The van der Waals surface area contributed by atoms with Gasteiger partial charge in [0.25, 0.3) is 5.91 Å². The molecule has 1 aliphatic rings. The number of halogens is 2. The zero-order chi connectivity index (χ0) is 13.1. The molecule has 1 aliphatic heterocycles. The molecule has 2 rings (SSSR count). The normalized spacial score (nSPS) is 16.9. The van der Waals surface area contributed by atoms with Gasteiger partial charge in [-0.1, -0.05) is 6.07 Å². The molecule has 1 saturated heterocycles. The number of carbonyl (C=O) groups excluding carboxylic acids is 1. The van der Waals surface area contributed by atoms with Crippen molar-refractivity contribution in [2.45, 2.75) is 12.8 Å². The first-order valence-corrected chi connectivity index (χ1v) is 6.49. The molecule has 0 atom stereocenters. The van der Waals surface area contributed by atoms with Crippen LogP contribution in [0.25, 0.3) is 0 Å². The maximum absolute atomic E-state index is 13.6. The monoisotopic (exact) mass is 271 g/mol. The summed E-state index contributed by atoms with van der Waals surface area (Å²) in [4.78, 5) is 13.7. The van der Waals surface area contributed by atoms with Gasteiger partial charge in [-0.15, -0.1) is 11.6 Å². The lowest BCUT2D eigenvalue weighted by atomic mass is 9.98. The number of aromatic hydroxyl groups is 1. The van der Waals surface area contributed by atoms with Crippen LogP contribution in [0.2, 0.25) is 0 Å². The lowest BCUT2D eigenvalue weighted by Crippen LogP contribution is -2.39. The number of likely N-dealkylation sites (tertiary alicyclic amines) is 1. The van der Waals surface area contributed by atoms with E-state index in [0.29, 0.717) is 24.9 Å². The highest BCUT2D eigenvalue weighted by Gasteiger charge is 2.26. The Morgan fingerprint density at radius 3 is 2.67 bits per heavy atom. The second kappa shape index (κ2) is 5.57. The molecule has 0 radical (unpaired) electrons. The van der Waals surface area contributed by atoms with Crippen LogP contribution in [0.3, 0.4) is 0 Å². The van der Waals surface area contributed by atoms with E-state index in [4.69, 9.17) is 11.6 Å². The summed E-state index contributed by atoms with van der Waals surface area (Å²) in [6, 6.07) is 3.88. The summed E-state index contributed by atoms with van der Waals surface area (Å²) >= 11 is 5.77. The van der Waals surface area contributed by atoms with Gasteiger partial charge in [-0.05, 0) is 30.9 Å². The van der Waals surface area contributed by atoms with Gasteiger partial charge < -0.3 is 10.0 Å². The number of phenolic OH excluding ortho intramolecular Hbond substituents is 1. The number of nitrogens with zero attached hydrogens (tertiary/aromatic N) is 1. The molecule has 1 heterocycles. The molecule has 98 valence electrons. The van der Waals surface area contributed by atoms with Crippen molar-refractivity contribution in [3.8, 4) is 5.75 Å². The summed E-state index contributed by atoms with van der Waals surface area (Å²) in [6.45, 7) is 1.12. The smallest absolute Gasteiger partial charge is 0.260 e. The van der Waals surface area contributed by atoms with E-state index in [1.54, 1.807) is 4.90 Å². The van der Waals surface area contributed by atoms with Gasteiger partial charge in [-0.25, -0.2) is 4.39 Å².